The fourth-order valence-corrected chi connectivity index (χ4v) is 2.49. The molecular weight excluding hydrogens is 338 g/mol. The largest absolute Gasteiger partial charge is 0.394 e. The molecular formula is C13H17N5O7. The van der Waals surface area contributed by atoms with Gasteiger partial charge in [0, 0.05) is 6.54 Å². The molecule has 0 spiro atoms. The molecule has 0 aromatic carbocycles. The van der Waals surface area contributed by atoms with Gasteiger partial charge in [0.25, 0.3) is 5.56 Å². The summed E-state index contributed by atoms with van der Waals surface area (Å²) < 4.78 is 0. The maximum atomic E-state index is 12.2. The van der Waals surface area contributed by atoms with Gasteiger partial charge in [-0.05, 0) is 0 Å². The summed E-state index contributed by atoms with van der Waals surface area (Å²) in [6.45, 7) is -2.01. The molecule has 2 heterocycles. The maximum absolute atomic E-state index is 12.2. The number of H-pyrrole nitrogens is 2. The number of rotatable bonds is 6. The number of β-amino-alcohol motifs (C(OH)–C–C–N with tert-alkyl or cyclic N) is 1. The Kier molecular flexibility index (Phi) is 5.55. The van der Waals surface area contributed by atoms with Crippen LogP contribution in [0.1, 0.15) is 0 Å². The van der Waals surface area contributed by atoms with E-state index < -0.39 is 55.2 Å². The van der Waals surface area contributed by atoms with E-state index in [1.165, 1.54) is 0 Å². The lowest BCUT2D eigenvalue weighted by Gasteiger charge is -2.36. The molecule has 0 unspecified atom stereocenters. The number of carbonyl (C=O) groups excluding carboxylic acids is 1. The fraction of sp³-hybridized carbons (Fsp3) is 0.538. The van der Waals surface area contributed by atoms with E-state index in [9.17, 15) is 29.7 Å². The van der Waals surface area contributed by atoms with Crippen LogP contribution in [0.3, 0.4) is 0 Å². The Bertz CT molecular complexity index is 797. The highest BCUT2D eigenvalue weighted by Gasteiger charge is 2.35. The van der Waals surface area contributed by atoms with Gasteiger partial charge in [-0.3, -0.25) is 24.5 Å². The van der Waals surface area contributed by atoms with Gasteiger partial charge in [-0.2, -0.15) is 5.26 Å². The van der Waals surface area contributed by atoms with Crippen molar-refractivity contribution >= 4 is 17.4 Å². The van der Waals surface area contributed by atoms with Crippen LogP contribution in [0.5, 0.6) is 0 Å². The SMILES string of the molecule is N#CCN1C(=O)CN(C[C@H](O)[C@H](O)[C@H](O)CO)c2[nH]c(=O)[nH]c(=O)c21. The van der Waals surface area contributed by atoms with Crippen molar-refractivity contribution in [1.82, 2.24) is 9.97 Å². The molecule has 25 heavy (non-hydrogen) atoms. The molecule has 0 fully saturated rings. The number of hydrogen-bond acceptors (Lipinski definition) is 9. The Balaban J connectivity index is 2.40. The Labute approximate surface area is 140 Å². The zero-order valence-electron chi connectivity index (χ0n) is 12.9. The van der Waals surface area contributed by atoms with Crippen molar-refractivity contribution in [2.24, 2.45) is 0 Å². The molecule has 2 rings (SSSR count). The molecule has 0 saturated heterocycles. The highest BCUT2D eigenvalue weighted by atomic mass is 16.4. The number of aromatic nitrogens is 2. The summed E-state index contributed by atoms with van der Waals surface area (Å²) in [6, 6.07) is 1.74. The van der Waals surface area contributed by atoms with E-state index in [-0.39, 0.29) is 18.1 Å². The Hall–Kier alpha value is -2.72. The second-order valence-corrected chi connectivity index (χ2v) is 5.43. The first-order valence-electron chi connectivity index (χ1n) is 7.24. The average molecular weight is 355 g/mol. The van der Waals surface area contributed by atoms with E-state index in [1.54, 1.807) is 6.07 Å². The van der Waals surface area contributed by atoms with Crippen molar-refractivity contribution in [3.63, 3.8) is 0 Å². The molecule has 0 radical (unpaired) electrons. The maximum Gasteiger partial charge on any atom is 0.327 e. The van der Waals surface area contributed by atoms with Gasteiger partial charge in [-0.1, -0.05) is 0 Å². The Morgan fingerprint density at radius 3 is 2.44 bits per heavy atom. The van der Waals surface area contributed by atoms with Crippen LogP contribution in [-0.4, -0.2) is 80.9 Å². The number of fused-ring (bicyclic) bond motifs is 1. The summed E-state index contributed by atoms with van der Waals surface area (Å²) in [5, 5.41) is 46.7. The predicted molar refractivity (Wildman–Crippen MR) is 83.0 cm³/mol. The van der Waals surface area contributed by atoms with Crippen molar-refractivity contribution in [1.29, 1.82) is 5.26 Å². The lowest BCUT2D eigenvalue weighted by molar-refractivity contribution is -0.117. The number of hydrogen-bond donors (Lipinski definition) is 6. The van der Waals surface area contributed by atoms with Crippen molar-refractivity contribution < 1.29 is 25.2 Å². The molecule has 1 aliphatic heterocycles. The highest BCUT2D eigenvalue weighted by molar-refractivity contribution is 6.02. The molecule has 0 bridgehead atoms. The van der Waals surface area contributed by atoms with Gasteiger partial charge in [-0.15, -0.1) is 0 Å². The zero-order chi connectivity index (χ0) is 18.7. The summed E-state index contributed by atoms with van der Waals surface area (Å²) in [5.74, 6) is -0.732. The molecule has 1 aromatic heterocycles. The van der Waals surface area contributed by atoms with Crippen molar-refractivity contribution in [2.75, 3.05) is 36.0 Å². The van der Waals surface area contributed by atoms with Gasteiger partial charge in [-0.25, -0.2) is 4.79 Å². The normalized spacial score (nSPS) is 17.6. The van der Waals surface area contributed by atoms with Crippen LogP contribution < -0.4 is 21.0 Å². The van der Waals surface area contributed by atoms with Gasteiger partial charge < -0.3 is 25.3 Å². The Morgan fingerprint density at radius 2 is 1.84 bits per heavy atom. The first-order chi connectivity index (χ1) is 11.8. The summed E-state index contributed by atoms with van der Waals surface area (Å²) >= 11 is 0. The molecule has 12 heteroatoms. The van der Waals surface area contributed by atoms with Gasteiger partial charge in [0.05, 0.1) is 19.2 Å². The number of nitriles is 1. The molecule has 3 atom stereocenters. The van der Waals surface area contributed by atoms with Crippen molar-refractivity contribution in [3.05, 3.63) is 20.8 Å². The monoisotopic (exact) mass is 355 g/mol. The smallest absolute Gasteiger partial charge is 0.327 e. The molecule has 1 aromatic rings. The summed E-state index contributed by atoms with van der Waals surface area (Å²) in [5.41, 5.74) is -2.01. The molecule has 136 valence electrons. The van der Waals surface area contributed by atoms with E-state index in [0.717, 1.165) is 9.80 Å². The van der Waals surface area contributed by atoms with E-state index in [2.05, 4.69) is 4.98 Å². The van der Waals surface area contributed by atoms with E-state index >= 15 is 0 Å². The number of nitrogens with one attached hydrogen (secondary N) is 2. The third kappa shape index (κ3) is 3.69. The van der Waals surface area contributed by atoms with E-state index in [0.29, 0.717) is 0 Å². The number of aliphatic hydroxyl groups excluding tert-OH is 4. The quantitative estimate of drug-likeness (QED) is 0.274. The number of nitrogens with zero attached hydrogens (tertiary/aromatic N) is 3. The third-order valence-electron chi connectivity index (χ3n) is 3.72. The average Bonchev–Trinajstić information content (AvgIpc) is 2.56. The molecule has 12 nitrogen and oxygen atoms in total. The second kappa shape index (κ2) is 7.45. The van der Waals surface area contributed by atoms with Crippen LogP contribution in [0.2, 0.25) is 0 Å². The molecule has 1 aliphatic rings. The summed E-state index contributed by atoms with van der Waals surface area (Å²) in [4.78, 5) is 42.1. The second-order valence-electron chi connectivity index (χ2n) is 5.43. The fourth-order valence-electron chi connectivity index (χ4n) is 2.49. The lowest BCUT2D eigenvalue weighted by atomic mass is 10.1. The molecule has 0 saturated carbocycles. The van der Waals surface area contributed by atoms with Crippen molar-refractivity contribution in [2.45, 2.75) is 18.3 Å². The summed E-state index contributed by atoms with van der Waals surface area (Å²) in [6.07, 6.45) is -4.91. The highest BCUT2D eigenvalue weighted by Crippen LogP contribution is 2.27. The standard InChI is InChI=1S/C13H17N5O7/c14-1-2-18-8(22)4-17(3-6(20)10(23)7(21)5-19)11-9(18)12(24)16-13(25)15-11/h6-7,10,19-21,23H,2-5H2,(H2,15,16,24,25)/t6-,7+,10-/m0/s1. The number of aliphatic hydroxyl groups is 4. The predicted octanol–water partition coefficient (Wildman–Crippen LogP) is -4.19. The third-order valence-corrected chi connectivity index (χ3v) is 3.72. The van der Waals surface area contributed by atoms with Crippen LogP contribution in [0.15, 0.2) is 9.59 Å². The number of amides is 1. The minimum atomic E-state index is -1.71. The van der Waals surface area contributed by atoms with Crippen LogP contribution in [0, 0.1) is 11.3 Å². The van der Waals surface area contributed by atoms with E-state index in [4.69, 9.17) is 10.4 Å². The van der Waals surface area contributed by atoms with Gasteiger partial charge in [0.2, 0.25) is 5.91 Å². The van der Waals surface area contributed by atoms with Gasteiger partial charge in [0.15, 0.2) is 5.69 Å². The number of carbonyl (C=O) groups is 1. The van der Waals surface area contributed by atoms with Crippen LogP contribution in [0.25, 0.3) is 0 Å². The minimum Gasteiger partial charge on any atom is -0.394 e. The number of aromatic amines is 2. The van der Waals surface area contributed by atoms with Gasteiger partial charge in [0.1, 0.15) is 30.7 Å². The molecule has 6 N–H and O–H groups in total. The minimum absolute atomic E-state index is 0.103. The van der Waals surface area contributed by atoms with Crippen LogP contribution in [-0.2, 0) is 4.79 Å². The zero-order valence-corrected chi connectivity index (χ0v) is 12.9. The number of anilines is 2. The lowest BCUT2D eigenvalue weighted by Crippen LogP contribution is -2.54. The van der Waals surface area contributed by atoms with Gasteiger partial charge >= 0.3 is 5.69 Å². The van der Waals surface area contributed by atoms with Crippen molar-refractivity contribution in [3.8, 4) is 6.07 Å². The first-order valence-corrected chi connectivity index (χ1v) is 7.24. The van der Waals surface area contributed by atoms with E-state index in [1.807, 2.05) is 4.98 Å². The first kappa shape index (κ1) is 18.6. The van der Waals surface area contributed by atoms with Crippen LogP contribution in [0.4, 0.5) is 11.5 Å². The molecule has 1 amide bonds. The van der Waals surface area contributed by atoms with Crippen LogP contribution >= 0.6 is 0 Å². The molecule has 0 aliphatic carbocycles. The summed E-state index contributed by atoms with van der Waals surface area (Å²) in [7, 11) is 0. The Morgan fingerprint density at radius 1 is 1.16 bits per heavy atom. The topological polar surface area (TPSA) is 194 Å².